The van der Waals surface area contributed by atoms with Gasteiger partial charge in [0.1, 0.15) is 11.5 Å². The molecule has 2 amide bonds. The molecule has 1 unspecified atom stereocenters. The predicted molar refractivity (Wildman–Crippen MR) is 113 cm³/mol. The second kappa shape index (κ2) is 9.29. The fraction of sp³-hybridized carbons (Fsp3) is 0.190. The van der Waals surface area contributed by atoms with E-state index in [2.05, 4.69) is 15.8 Å². The molecule has 2 aromatic carbocycles. The van der Waals surface area contributed by atoms with Gasteiger partial charge < -0.3 is 19.9 Å². The summed E-state index contributed by atoms with van der Waals surface area (Å²) in [6, 6.07) is 15.9. The number of amides is 2. The SMILES string of the molecule is COc1cccc(C(=O)Nc2ccc(SC(C)C(=O)Nc3cc(C)on3)cc2)c1. The third-order valence-corrected chi connectivity index (χ3v) is 5.12. The van der Waals surface area contributed by atoms with Crippen molar-refractivity contribution in [2.24, 2.45) is 0 Å². The second-order valence-corrected chi connectivity index (χ2v) is 7.70. The van der Waals surface area contributed by atoms with Crippen LogP contribution in [0.2, 0.25) is 0 Å². The Morgan fingerprint density at radius 1 is 1.10 bits per heavy atom. The number of anilines is 2. The van der Waals surface area contributed by atoms with Crippen molar-refractivity contribution in [3.63, 3.8) is 0 Å². The van der Waals surface area contributed by atoms with Crippen LogP contribution in [-0.2, 0) is 4.79 Å². The van der Waals surface area contributed by atoms with Crippen molar-refractivity contribution in [3.05, 3.63) is 65.9 Å². The number of rotatable bonds is 7. The molecule has 2 N–H and O–H groups in total. The number of ether oxygens (including phenoxy) is 1. The Bertz CT molecular complexity index is 1000. The van der Waals surface area contributed by atoms with E-state index in [1.54, 1.807) is 56.5 Å². The van der Waals surface area contributed by atoms with E-state index < -0.39 is 0 Å². The summed E-state index contributed by atoms with van der Waals surface area (Å²) in [4.78, 5) is 25.5. The molecule has 1 aromatic heterocycles. The van der Waals surface area contributed by atoms with Crippen LogP contribution in [0.25, 0.3) is 0 Å². The van der Waals surface area contributed by atoms with E-state index in [1.165, 1.54) is 11.8 Å². The van der Waals surface area contributed by atoms with Crippen LogP contribution in [0.3, 0.4) is 0 Å². The number of carbonyl (C=O) groups is 2. The Morgan fingerprint density at radius 2 is 1.86 bits per heavy atom. The Hall–Kier alpha value is -3.26. The average Bonchev–Trinajstić information content (AvgIpc) is 3.14. The van der Waals surface area contributed by atoms with Gasteiger partial charge in [-0.3, -0.25) is 9.59 Å². The second-order valence-electron chi connectivity index (χ2n) is 6.28. The van der Waals surface area contributed by atoms with Gasteiger partial charge >= 0.3 is 0 Å². The largest absolute Gasteiger partial charge is 0.497 e. The highest BCUT2D eigenvalue weighted by Gasteiger charge is 2.16. The van der Waals surface area contributed by atoms with Gasteiger partial charge in [-0.2, -0.15) is 0 Å². The predicted octanol–water partition coefficient (Wildman–Crippen LogP) is 4.36. The first kappa shape index (κ1) is 20.5. The highest BCUT2D eigenvalue weighted by atomic mass is 32.2. The van der Waals surface area contributed by atoms with Crippen LogP contribution >= 0.6 is 11.8 Å². The number of thioether (sulfide) groups is 1. The molecule has 0 aliphatic rings. The third kappa shape index (κ3) is 5.61. The Morgan fingerprint density at radius 3 is 2.52 bits per heavy atom. The molecule has 150 valence electrons. The first-order valence-electron chi connectivity index (χ1n) is 8.91. The number of aryl methyl sites for hydroxylation is 1. The quantitative estimate of drug-likeness (QED) is 0.561. The summed E-state index contributed by atoms with van der Waals surface area (Å²) in [7, 11) is 1.56. The maximum atomic E-state index is 12.4. The van der Waals surface area contributed by atoms with Crippen molar-refractivity contribution in [3.8, 4) is 5.75 Å². The molecule has 0 radical (unpaired) electrons. The number of hydrogen-bond donors (Lipinski definition) is 2. The Kier molecular flexibility index (Phi) is 6.56. The maximum Gasteiger partial charge on any atom is 0.255 e. The first-order chi connectivity index (χ1) is 13.9. The van der Waals surface area contributed by atoms with E-state index >= 15 is 0 Å². The molecule has 0 aliphatic heterocycles. The fourth-order valence-corrected chi connectivity index (χ4v) is 3.36. The molecule has 3 rings (SSSR count). The zero-order valence-electron chi connectivity index (χ0n) is 16.3. The standard InChI is InChI=1S/C21H21N3O4S/c1-13-11-19(24-28-13)23-20(25)14(2)29-18-9-7-16(8-10-18)22-21(26)15-5-4-6-17(12-15)27-3/h4-12,14H,1-3H3,(H,22,26)(H,23,24,25). The third-order valence-electron chi connectivity index (χ3n) is 4.01. The number of nitrogens with zero attached hydrogens (tertiary/aromatic N) is 1. The Balaban J connectivity index is 1.56. The normalized spacial score (nSPS) is 11.6. The molecule has 0 saturated carbocycles. The topological polar surface area (TPSA) is 93.5 Å². The van der Waals surface area contributed by atoms with Crippen LogP contribution in [0, 0.1) is 6.92 Å². The van der Waals surface area contributed by atoms with Gasteiger partial charge in [0, 0.05) is 22.2 Å². The molecule has 8 heteroatoms. The zero-order valence-corrected chi connectivity index (χ0v) is 17.1. The minimum Gasteiger partial charge on any atom is -0.497 e. The number of methoxy groups -OCH3 is 1. The molecule has 7 nitrogen and oxygen atoms in total. The monoisotopic (exact) mass is 411 g/mol. The minimum absolute atomic E-state index is 0.168. The highest BCUT2D eigenvalue weighted by Crippen LogP contribution is 2.26. The lowest BCUT2D eigenvalue weighted by molar-refractivity contribution is -0.115. The molecule has 0 bridgehead atoms. The summed E-state index contributed by atoms with van der Waals surface area (Å²) >= 11 is 1.41. The van der Waals surface area contributed by atoms with Crippen molar-refractivity contribution >= 4 is 35.1 Å². The van der Waals surface area contributed by atoms with Crippen molar-refractivity contribution < 1.29 is 18.8 Å². The lowest BCUT2D eigenvalue weighted by Crippen LogP contribution is -2.22. The van der Waals surface area contributed by atoms with E-state index in [0.717, 1.165) is 4.90 Å². The number of carbonyl (C=O) groups excluding carboxylic acids is 2. The lowest BCUT2D eigenvalue weighted by Gasteiger charge is -2.11. The summed E-state index contributed by atoms with van der Waals surface area (Å²) in [5.41, 5.74) is 1.17. The Labute approximate surface area is 172 Å². The molecule has 0 aliphatic carbocycles. The fourth-order valence-electron chi connectivity index (χ4n) is 2.50. The van der Waals surface area contributed by atoms with Crippen molar-refractivity contribution in [1.29, 1.82) is 0 Å². The lowest BCUT2D eigenvalue weighted by atomic mass is 10.2. The van der Waals surface area contributed by atoms with Crippen molar-refractivity contribution in [2.45, 2.75) is 24.0 Å². The maximum absolute atomic E-state index is 12.4. The summed E-state index contributed by atoms with van der Waals surface area (Å²) in [6.45, 7) is 3.57. The molecule has 3 aromatic rings. The minimum atomic E-state index is -0.329. The van der Waals surface area contributed by atoms with Crippen LogP contribution in [0.4, 0.5) is 11.5 Å². The van der Waals surface area contributed by atoms with Crippen molar-refractivity contribution in [2.75, 3.05) is 17.7 Å². The van der Waals surface area contributed by atoms with Gasteiger partial charge in [0.15, 0.2) is 5.82 Å². The van der Waals surface area contributed by atoms with E-state index in [-0.39, 0.29) is 17.1 Å². The molecule has 29 heavy (non-hydrogen) atoms. The number of nitrogens with one attached hydrogen (secondary N) is 2. The molecule has 1 atom stereocenters. The van der Waals surface area contributed by atoms with Crippen LogP contribution in [0.15, 0.2) is 64.0 Å². The summed E-state index contributed by atoms with van der Waals surface area (Å²) in [6.07, 6.45) is 0. The molecular weight excluding hydrogens is 390 g/mol. The van der Waals surface area contributed by atoms with Crippen molar-refractivity contribution in [1.82, 2.24) is 5.16 Å². The number of hydrogen-bond acceptors (Lipinski definition) is 6. The molecule has 1 heterocycles. The van der Waals surface area contributed by atoms with E-state index in [1.807, 2.05) is 19.1 Å². The van der Waals surface area contributed by atoms with Gasteiger partial charge in [0.2, 0.25) is 5.91 Å². The number of aromatic nitrogens is 1. The molecule has 0 spiro atoms. The van der Waals surface area contributed by atoms with Gasteiger partial charge in [-0.1, -0.05) is 11.2 Å². The van der Waals surface area contributed by atoms with Crippen LogP contribution in [-0.4, -0.2) is 29.3 Å². The summed E-state index contributed by atoms with van der Waals surface area (Å²) in [5, 5.41) is 8.99. The van der Waals surface area contributed by atoms with Crippen LogP contribution in [0.5, 0.6) is 5.75 Å². The van der Waals surface area contributed by atoms with Gasteiger partial charge in [0.25, 0.3) is 5.91 Å². The van der Waals surface area contributed by atoms with E-state index in [9.17, 15) is 9.59 Å². The number of benzene rings is 2. The average molecular weight is 411 g/mol. The van der Waals surface area contributed by atoms with Gasteiger partial charge in [-0.05, 0) is 56.3 Å². The van der Waals surface area contributed by atoms with Crippen LogP contribution in [0.1, 0.15) is 23.0 Å². The van der Waals surface area contributed by atoms with Gasteiger partial charge in [-0.15, -0.1) is 11.8 Å². The molecule has 0 fully saturated rings. The molecule has 0 saturated heterocycles. The van der Waals surface area contributed by atoms with E-state index in [4.69, 9.17) is 9.26 Å². The summed E-state index contributed by atoms with van der Waals surface area (Å²) in [5.74, 6) is 1.26. The molecular formula is C21H21N3O4S. The van der Waals surface area contributed by atoms with E-state index in [0.29, 0.717) is 28.6 Å². The zero-order chi connectivity index (χ0) is 20.8. The van der Waals surface area contributed by atoms with Gasteiger partial charge in [0.05, 0.1) is 12.4 Å². The smallest absolute Gasteiger partial charge is 0.255 e. The van der Waals surface area contributed by atoms with Crippen LogP contribution < -0.4 is 15.4 Å². The first-order valence-corrected chi connectivity index (χ1v) is 9.79. The summed E-state index contributed by atoms with van der Waals surface area (Å²) < 4.78 is 10.1. The highest BCUT2D eigenvalue weighted by molar-refractivity contribution is 8.00. The van der Waals surface area contributed by atoms with Gasteiger partial charge in [-0.25, -0.2) is 0 Å².